The van der Waals surface area contributed by atoms with Crippen molar-refractivity contribution >= 4 is 5.78 Å². The number of aliphatic hydroxyl groups excluding tert-OH is 1. The van der Waals surface area contributed by atoms with Gasteiger partial charge in [-0.2, -0.15) is 0 Å². The van der Waals surface area contributed by atoms with Crippen LogP contribution in [-0.4, -0.2) is 22.7 Å². The Morgan fingerprint density at radius 2 is 1.91 bits per heavy atom. The van der Waals surface area contributed by atoms with Crippen LogP contribution in [0.5, 0.6) is 0 Å². The summed E-state index contributed by atoms with van der Waals surface area (Å²) in [5.41, 5.74) is -1.19. The summed E-state index contributed by atoms with van der Waals surface area (Å²) in [5, 5.41) is 11.0. The van der Waals surface area contributed by atoms with Crippen molar-refractivity contribution in [3.05, 3.63) is 11.6 Å². The number of rotatable bonds is 0. The highest BCUT2D eigenvalue weighted by molar-refractivity contribution is 5.91. The monoisotopic (exact) mass is 320 g/mol. The Kier molecular flexibility index (Phi) is 3.22. The van der Waals surface area contributed by atoms with Crippen molar-refractivity contribution in [1.82, 2.24) is 0 Å². The second-order valence-corrected chi connectivity index (χ2v) is 9.19. The summed E-state index contributed by atoms with van der Waals surface area (Å²) >= 11 is 0. The second-order valence-electron chi connectivity index (χ2n) is 9.19. The number of carbonyl (C=O) groups is 1. The average Bonchev–Trinajstić information content (AvgIpc) is 2.77. The first-order valence-electron chi connectivity index (χ1n) is 9.34. The van der Waals surface area contributed by atoms with E-state index in [0.717, 1.165) is 31.3 Å². The van der Waals surface area contributed by atoms with Crippen molar-refractivity contribution in [2.75, 3.05) is 0 Å². The SMILES string of the molecule is CC1CC[C@H]2[C@@H]3CCC4=CC(=O)CC[C@]4(C)[C@]3(F)C(O)C[C@]12C. The molecule has 4 aliphatic carbocycles. The second kappa shape index (κ2) is 4.68. The lowest BCUT2D eigenvalue weighted by atomic mass is 9.44. The third-order valence-electron chi connectivity index (χ3n) is 8.51. The number of halogens is 1. The van der Waals surface area contributed by atoms with E-state index in [4.69, 9.17) is 0 Å². The van der Waals surface area contributed by atoms with E-state index in [-0.39, 0.29) is 17.1 Å². The highest BCUT2D eigenvalue weighted by atomic mass is 19.1. The van der Waals surface area contributed by atoms with E-state index in [0.29, 0.717) is 31.1 Å². The van der Waals surface area contributed by atoms with Crippen LogP contribution in [0.3, 0.4) is 0 Å². The number of fused-ring (bicyclic) bond motifs is 5. The molecule has 4 aliphatic rings. The fourth-order valence-electron chi connectivity index (χ4n) is 6.82. The van der Waals surface area contributed by atoms with Crippen LogP contribution in [0.25, 0.3) is 0 Å². The van der Waals surface area contributed by atoms with Crippen LogP contribution in [0.4, 0.5) is 4.39 Å². The number of alkyl halides is 1. The first-order chi connectivity index (χ1) is 10.7. The van der Waals surface area contributed by atoms with Gasteiger partial charge in [0.05, 0.1) is 6.10 Å². The first kappa shape index (κ1) is 15.8. The molecule has 0 heterocycles. The lowest BCUT2D eigenvalue weighted by Crippen LogP contribution is -2.67. The van der Waals surface area contributed by atoms with Crippen molar-refractivity contribution in [3.8, 4) is 0 Å². The summed E-state index contributed by atoms with van der Waals surface area (Å²) in [6.45, 7) is 6.52. The van der Waals surface area contributed by atoms with Crippen LogP contribution in [0.15, 0.2) is 11.6 Å². The van der Waals surface area contributed by atoms with Crippen LogP contribution in [-0.2, 0) is 4.79 Å². The zero-order chi connectivity index (χ0) is 16.6. The molecule has 128 valence electrons. The molecule has 4 rings (SSSR count). The predicted molar refractivity (Wildman–Crippen MR) is 87.6 cm³/mol. The molecule has 0 saturated heterocycles. The van der Waals surface area contributed by atoms with Gasteiger partial charge in [0, 0.05) is 17.8 Å². The van der Waals surface area contributed by atoms with Crippen LogP contribution >= 0.6 is 0 Å². The highest BCUT2D eigenvalue weighted by Gasteiger charge is 2.70. The molecule has 0 amide bonds. The largest absolute Gasteiger partial charge is 0.390 e. The molecule has 0 aromatic carbocycles. The third-order valence-corrected chi connectivity index (χ3v) is 8.51. The summed E-state index contributed by atoms with van der Waals surface area (Å²) in [7, 11) is 0. The molecule has 0 aliphatic heterocycles. The zero-order valence-electron chi connectivity index (χ0n) is 14.6. The summed E-state index contributed by atoms with van der Waals surface area (Å²) in [5.74, 6) is 1.01. The third kappa shape index (κ3) is 1.75. The van der Waals surface area contributed by atoms with Crippen molar-refractivity contribution < 1.29 is 14.3 Å². The standard InChI is InChI=1S/C20H29FO2/c1-12-4-6-15-16-7-5-13-10-14(22)8-9-19(13,3)20(16,21)17(23)11-18(12,15)2/h10,12,15-17,23H,4-9,11H2,1-3H3/t12?,15-,16-,17?,18+,19-,20+/m0/s1. The quantitative estimate of drug-likeness (QED) is 0.725. The molecule has 3 saturated carbocycles. The van der Waals surface area contributed by atoms with E-state index >= 15 is 4.39 Å². The minimum absolute atomic E-state index is 0.0587. The fourth-order valence-corrected chi connectivity index (χ4v) is 6.82. The molecule has 0 aromatic heterocycles. The van der Waals surface area contributed by atoms with E-state index in [1.54, 1.807) is 6.08 Å². The van der Waals surface area contributed by atoms with E-state index in [1.807, 2.05) is 6.92 Å². The Bertz CT molecular complexity index is 584. The first-order valence-corrected chi connectivity index (χ1v) is 9.34. The van der Waals surface area contributed by atoms with Gasteiger partial charge in [-0.1, -0.05) is 26.3 Å². The minimum atomic E-state index is -1.56. The van der Waals surface area contributed by atoms with Gasteiger partial charge in [0.1, 0.15) is 5.67 Å². The van der Waals surface area contributed by atoms with Crippen molar-refractivity contribution in [3.63, 3.8) is 0 Å². The maximum Gasteiger partial charge on any atom is 0.155 e. The molecule has 0 radical (unpaired) electrons. The van der Waals surface area contributed by atoms with Crippen molar-refractivity contribution in [2.24, 2.45) is 28.6 Å². The van der Waals surface area contributed by atoms with Gasteiger partial charge in [-0.15, -0.1) is 0 Å². The fraction of sp³-hybridized carbons (Fsp3) is 0.850. The number of carbonyl (C=O) groups excluding carboxylic acids is 1. The molecule has 0 bridgehead atoms. The molecular weight excluding hydrogens is 291 g/mol. The normalized spacial score (nSPS) is 55.7. The molecule has 2 nitrogen and oxygen atoms in total. The minimum Gasteiger partial charge on any atom is -0.390 e. The number of ketones is 1. The van der Waals surface area contributed by atoms with Crippen LogP contribution in [0, 0.1) is 28.6 Å². The van der Waals surface area contributed by atoms with Crippen molar-refractivity contribution in [1.29, 1.82) is 0 Å². The van der Waals surface area contributed by atoms with Gasteiger partial charge in [0.2, 0.25) is 0 Å². The predicted octanol–water partition coefficient (Wildman–Crippen LogP) is 4.22. The van der Waals surface area contributed by atoms with E-state index < -0.39 is 17.2 Å². The molecule has 0 aromatic rings. The Hall–Kier alpha value is -0.700. The van der Waals surface area contributed by atoms with Crippen molar-refractivity contribution in [2.45, 2.75) is 77.5 Å². The smallest absolute Gasteiger partial charge is 0.155 e. The number of hydrogen-bond acceptors (Lipinski definition) is 2. The lowest BCUT2D eigenvalue weighted by molar-refractivity contribution is -0.207. The van der Waals surface area contributed by atoms with Crippen LogP contribution in [0.2, 0.25) is 0 Å². The Labute approximate surface area is 138 Å². The van der Waals surface area contributed by atoms with Gasteiger partial charge in [-0.25, -0.2) is 4.39 Å². The topological polar surface area (TPSA) is 37.3 Å². The van der Waals surface area contributed by atoms with E-state index in [9.17, 15) is 9.90 Å². The Balaban J connectivity index is 1.81. The summed E-state index contributed by atoms with van der Waals surface area (Å²) in [4.78, 5) is 11.8. The Morgan fingerprint density at radius 3 is 2.65 bits per heavy atom. The molecule has 3 fully saturated rings. The summed E-state index contributed by atoms with van der Waals surface area (Å²) < 4.78 is 16.6. The molecule has 3 heteroatoms. The van der Waals surface area contributed by atoms with Crippen LogP contribution < -0.4 is 0 Å². The van der Waals surface area contributed by atoms with Gasteiger partial charge in [0.15, 0.2) is 5.78 Å². The Morgan fingerprint density at radius 1 is 1.17 bits per heavy atom. The number of aliphatic hydroxyl groups is 1. The van der Waals surface area contributed by atoms with Gasteiger partial charge < -0.3 is 5.11 Å². The average molecular weight is 320 g/mol. The molecule has 7 atom stereocenters. The number of allylic oxidation sites excluding steroid dienone is 1. The maximum atomic E-state index is 16.6. The zero-order valence-corrected chi connectivity index (χ0v) is 14.6. The summed E-state index contributed by atoms with van der Waals surface area (Å²) in [6, 6.07) is 0. The lowest BCUT2D eigenvalue weighted by Gasteiger charge is -2.63. The molecule has 0 spiro atoms. The van der Waals surface area contributed by atoms with Gasteiger partial charge in [-0.3, -0.25) is 4.79 Å². The molecule has 2 unspecified atom stereocenters. The van der Waals surface area contributed by atoms with E-state index in [2.05, 4.69) is 13.8 Å². The van der Waals surface area contributed by atoms with Crippen LogP contribution in [0.1, 0.15) is 65.7 Å². The highest BCUT2D eigenvalue weighted by Crippen LogP contribution is 2.69. The van der Waals surface area contributed by atoms with Gasteiger partial charge in [-0.05, 0) is 61.9 Å². The van der Waals surface area contributed by atoms with Gasteiger partial charge in [0.25, 0.3) is 0 Å². The molecule has 1 N–H and O–H groups in total. The summed E-state index contributed by atoms with van der Waals surface area (Å²) in [6.07, 6.45) is 6.19. The van der Waals surface area contributed by atoms with E-state index in [1.165, 1.54) is 0 Å². The van der Waals surface area contributed by atoms with Gasteiger partial charge >= 0.3 is 0 Å². The maximum absolute atomic E-state index is 16.6. The molecule has 23 heavy (non-hydrogen) atoms. The molecular formula is C20H29FO2. The number of hydrogen-bond donors (Lipinski definition) is 1.